The van der Waals surface area contributed by atoms with Crippen LogP contribution in [0.3, 0.4) is 0 Å². The van der Waals surface area contributed by atoms with Gasteiger partial charge in [-0.3, -0.25) is 9.69 Å². The van der Waals surface area contributed by atoms with E-state index in [-0.39, 0.29) is 10.7 Å². The first kappa shape index (κ1) is 19.8. The molecule has 0 saturated carbocycles. The van der Waals surface area contributed by atoms with E-state index in [2.05, 4.69) is 47.1 Å². The molecule has 2 saturated heterocycles. The summed E-state index contributed by atoms with van der Waals surface area (Å²) in [6.07, 6.45) is 6.62. The predicted molar refractivity (Wildman–Crippen MR) is 105 cm³/mol. The Morgan fingerprint density at radius 2 is 1.89 bits per heavy atom. The third-order valence-electron chi connectivity index (χ3n) is 5.40. The fraction of sp³-hybridized carbons (Fsp3) is 0.429. The number of nitrogens with zero attached hydrogens (tertiary/aromatic N) is 2. The molecule has 3 atom stereocenters. The molecule has 4 nitrogen and oxygen atoms in total. The van der Waals surface area contributed by atoms with Crippen molar-refractivity contribution in [2.75, 3.05) is 0 Å². The lowest BCUT2D eigenvalue weighted by Crippen LogP contribution is -2.41. The molecule has 1 aromatic heterocycles. The number of hydrogen-bond acceptors (Lipinski definition) is 3. The van der Waals surface area contributed by atoms with Crippen molar-refractivity contribution in [1.29, 1.82) is 0 Å². The Balaban J connectivity index is 0.000000168. The average molecular weight is 390 g/mol. The van der Waals surface area contributed by atoms with Crippen LogP contribution in [0, 0.1) is 11.7 Å². The van der Waals surface area contributed by atoms with Gasteiger partial charge in [0, 0.05) is 18.6 Å². The summed E-state index contributed by atoms with van der Waals surface area (Å²) in [6, 6.07) is 13.6. The number of primary amides is 1. The summed E-state index contributed by atoms with van der Waals surface area (Å²) in [7, 11) is 0. The molecule has 144 valence electrons. The van der Waals surface area contributed by atoms with Gasteiger partial charge in [0.1, 0.15) is 11.0 Å². The van der Waals surface area contributed by atoms with Gasteiger partial charge in [-0.25, -0.2) is 9.37 Å². The van der Waals surface area contributed by atoms with E-state index in [0.29, 0.717) is 0 Å². The number of benzene rings is 1. The van der Waals surface area contributed by atoms with E-state index in [4.69, 9.17) is 17.3 Å². The minimum Gasteiger partial charge on any atom is -0.366 e. The van der Waals surface area contributed by atoms with Crippen molar-refractivity contribution < 1.29 is 9.18 Å². The number of nitrogens with two attached hydrogens (primary N) is 1. The minimum absolute atomic E-state index is 0.0844. The van der Waals surface area contributed by atoms with E-state index < -0.39 is 11.7 Å². The van der Waals surface area contributed by atoms with E-state index in [9.17, 15) is 9.18 Å². The van der Waals surface area contributed by atoms with Crippen LogP contribution in [-0.4, -0.2) is 27.9 Å². The van der Waals surface area contributed by atoms with Crippen molar-refractivity contribution in [3.63, 3.8) is 0 Å². The first-order chi connectivity index (χ1) is 12.9. The summed E-state index contributed by atoms with van der Waals surface area (Å²) in [5.41, 5.74) is 6.23. The maximum atomic E-state index is 12.4. The molecule has 2 fully saturated rings. The molecule has 27 heavy (non-hydrogen) atoms. The molecule has 0 radical (unpaired) electrons. The van der Waals surface area contributed by atoms with Gasteiger partial charge in [-0.05, 0) is 43.2 Å². The van der Waals surface area contributed by atoms with E-state index in [0.717, 1.165) is 30.3 Å². The Hall–Kier alpha value is -1.98. The third kappa shape index (κ3) is 5.05. The molecule has 2 N–H and O–H groups in total. The molecule has 1 aromatic carbocycles. The molecule has 1 unspecified atom stereocenters. The standard InChI is InChI=1S/C15H21N.C6H4ClFN2O/c1-12-9-14-7-8-15(10-12)16(14)11-13-5-3-2-4-6-13;7-5-4(6(9)11)1-3(8)2-10-5/h2-6,12,14-15H,7-11H2,1H3;1-2H,(H2,9,11)/t12?,14-,15+;. The highest BCUT2D eigenvalue weighted by Gasteiger charge is 2.38. The molecule has 4 rings (SSSR count). The Bertz CT molecular complexity index is 772. The Labute approximate surface area is 164 Å². The normalized spacial score (nSPS) is 24.2. The van der Waals surface area contributed by atoms with E-state index in [1.165, 1.54) is 37.8 Å². The number of amides is 1. The quantitative estimate of drug-likeness (QED) is 0.790. The number of rotatable bonds is 3. The molecule has 2 aromatic rings. The number of aromatic nitrogens is 1. The maximum Gasteiger partial charge on any atom is 0.251 e. The van der Waals surface area contributed by atoms with Crippen LogP contribution in [0.2, 0.25) is 5.15 Å². The van der Waals surface area contributed by atoms with Gasteiger partial charge < -0.3 is 5.73 Å². The van der Waals surface area contributed by atoms with Gasteiger partial charge in [0.2, 0.25) is 0 Å². The number of hydrogen-bond donors (Lipinski definition) is 1. The summed E-state index contributed by atoms with van der Waals surface area (Å²) in [5, 5.41) is -0.0844. The highest BCUT2D eigenvalue weighted by molar-refractivity contribution is 6.32. The van der Waals surface area contributed by atoms with Crippen LogP contribution < -0.4 is 5.73 Å². The van der Waals surface area contributed by atoms with Gasteiger partial charge in [0.15, 0.2) is 0 Å². The summed E-state index contributed by atoms with van der Waals surface area (Å²) < 4.78 is 12.4. The molecule has 2 aliphatic heterocycles. The molecule has 3 heterocycles. The highest BCUT2D eigenvalue weighted by atomic mass is 35.5. The zero-order valence-electron chi connectivity index (χ0n) is 15.4. The molecule has 0 aliphatic carbocycles. The maximum absolute atomic E-state index is 12.4. The highest BCUT2D eigenvalue weighted by Crippen LogP contribution is 2.39. The zero-order valence-corrected chi connectivity index (χ0v) is 16.2. The van der Waals surface area contributed by atoms with Gasteiger partial charge in [-0.1, -0.05) is 48.9 Å². The van der Waals surface area contributed by atoms with Crippen LogP contribution in [0.25, 0.3) is 0 Å². The van der Waals surface area contributed by atoms with Gasteiger partial charge in [0.05, 0.1) is 11.8 Å². The summed E-state index contributed by atoms with van der Waals surface area (Å²) >= 11 is 5.41. The number of carbonyl (C=O) groups is 1. The smallest absolute Gasteiger partial charge is 0.251 e. The van der Waals surface area contributed by atoms with Crippen LogP contribution in [-0.2, 0) is 6.54 Å². The number of pyridine rings is 1. The monoisotopic (exact) mass is 389 g/mol. The molecular formula is C21H25ClFN3O. The molecule has 2 bridgehead atoms. The van der Waals surface area contributed by atoms with Gasteiger partial charge in [-0.2, -0.15) is 0 Å². The summed E-state index contributed by atoms with van der Waals surface area (Å²) in [5.74, 6) is -0.477. The molecule has 2 aliphatic rings. The SMILES string of the molecule is CC1C[C@H]2CC[C@@H](C1)N2Cc1ccccc1.NC(=O)c1cc(F)cnc1Cl. The van der Waals surface area contributed by atoms with E-state index >= 15 is 0 Å². The van der Waals surface area contributed by atoms with Crippen LogP contribution in [0.15, 0.2) is 42.6 Å². The van der Waals surface area contributed by atoms with Crippen LogP contribution >= 0.6 is 11.6 Å². The topological polar surface area (TPSA) is 59.2 Å². The molecule has 6 heteroatoms. The second-order valence-corrected chi connectivity index (χ2v) is 7.83. The molecular weight excluding hydrogens is 365 g/mol. The summed E-state index contributed by atoms with van der Waals surface area (Å²) in [6.45, 7) is 3.59. The van der Waals surface area contributed by atoms with Crippen LogP contribution in [0.1, 0.15) is 48.5 Å². The Morgan fingerprint density at radius 3 is 2.44 bits per heavy atom. The lowest BCUT2D eigenvalue weighted by Gasteiger charge is -2.37. The number of halogens is 2. The van der Waals surface area contributed by atoms with Crippen molar-refractivity contribution in [2.45, 2.75) is 51.2 Å². The fourth-order valence-corrected chi connectivity index (χ4v) is 4.39. The summed E-state index contributed by atoms with van der Waals surface area (Å²) in [4.78, 5) is 16.7. The second kappa shape index (κ2) is 8.81. The van der Waals surface area contributed by atoms with Crippen molar-refractivity contribution in [3.8, 4) is 0 Å². The minimum atomic E-state index is -0.790. The van der Waals surface area contributed by atoms with Crippen molar-refractivity contribution in [2.24, 2.45) is 11.7 Å². The lowest BCUT2D eigenvalue weighted by atomic mass is 9.92. The predicted octanol–water partition coefficient (Wildman–Crippen LogP) is 4.42. The lowest BCUT2D eigenvalue weighted by molar-refractivity contribution is 0.0999. The fourth-order valence-electron chi connectivity index (χ4n) is 4.19. The molecule has 1 amide bonds. The van der Waals surface area contributed by atoms with Crippen molar-refractivity contribution >= 4 is 17.5 Å². The number of carbonyl (C=O) groups excluding carboxylic acids is 1. The first-order valence-electron chi connectivity index (χ1n) is 9.34. The van der Waals surface area contributed by atoms with Gasteiger partial charge >= 0.3 is 0 Å². The second-order valence-electron chi connectivity index (χ2n) is 7.48. The Morgan fingerprint density at radius 1 is 1.26 bits per heavy atom. The van der Waals surface area contributed by atoms with E-state index in [1.807, 2.05) is 0 Å². The van der Waals surface area contributed by atoms with E-state index in [1.54, 1.807) is 0 Å². The van der Waals surface area contributed by atoms with Crippen LogP contribution in [0.4, 0.5) is 4.39 Å². The van der Waals surface area contributed by atoms with Crippen molar-refractivity contribution in [1.82, 2.24) is 9.88 Å². The number of fused-ring (bicyclic) bond motifs is 2. The Kier molecular flexibility index (Phi) is 6.45. The largest absolute Gasteiger partial charge is 0.366 e. The van der Waals surface area contributed by atoms with Gasteiger partial charge in [-0.15, -0.1) is 0 Å². The average Bonchev–Trinajstić information content (AvgIpc) is 2.88. The third-order valence-corrected chi connectivity index (χ3v) is 5.70. The van der Waals surface area contributed by atoms with Crippen molar-refractivity contribution in [3.05, 3.63) is 64.7 Å². The zero-order chi connectivity index (χ0) is 19.4. The number of piperidine rings is 1. The van der Waals surface area contributed by atoms with Crippen LogP contribution in [0.5, 0.6) is 0 Å². The van der Waals surface area contributed by atoms with Gasteiger partial charge in [0.25, 0.3) is 5.91 Å². The molecule has 0 spiro atoms. The first-order valence-corrected chi connectivity index (χ1v) is 9.72.